The van der Waals surface area contributed by atoms with Crippen molar-refractivity contribution >= 4 is 6.08 Å². The van der Waals surface area contributed by atoms with Gasteiger partial charge in [0.05, 0.1) is 12.2 Å². The Bertz CT molecular complexity index is 323. The van der Waals surface area contributed by atoms with Crippen molar-refractivity contribution in [2.24, 2.45) is 0 Å². The maximum Gasteiger partial charge on any atom is 0.114 e. The molecule has 0 aromatic carbocycles. The van der Waals surface area contributed by atoms with Crippen LogP contribution in [0.3, 0.4) is 0 Å². The number of rotatable bonds is 0. The highest BCUT2D eigenvalue weighted by atomic mass is 16.3. The Balaban J connectivity index is 2.47. The first-order valence-electron chi connectivity index (χ1n) is 3.44. The van der Waals surface area contributed by atoms with Crippen LogP contribution >= 0.6 is 0 Å². The SMILES string of the molecule is OC1=CC=Cc2ccnn2C1. The van der Waals surface area contributed by atoms with Crippen LogP contribution in [0.5, 0.6) is 0 Å². The van der Waals surface area contributed by atoms with Crippen molar-refractivity contribution in [2.45, 2.75) is 6.54 Å². The average Bonchev–Trinajstić information content (AvgIpc) is 2.31. The molecule has 0 aliphatic carbocycles. The third kappa shape index (κ3) is 1.05. The fraction of sp³-hybridized carbons (Fsp3) is 0.125. The van der Waals surface area contributed by atoms with E-state index in [2.05, 4.69) is 5.10 Å². The molecule has 1 aliphatic heterocycles. The van der Waals surface area contributed by atoms with Crippen molar-refractivity contribution in [3.05, 3.63) is 35.9 Å². The normalized spacial score (nSPS) is 15.5. The molecule has 11 heavy (non-hydrogen) atoms. The number of aliphatic hydroxyl groups excluding tert-OH is 1. The van der Waals surface area contributed by atoms with Crippen LogP contribution in [-0.4, -0.2) is 14.9 Å². The van der Waals surface area contributed by atoms with Crippen LogP contribution in [0.1, 0.15) is 5.69 Å². The first-order chi connectivity index (χ1) is 5.36. The molecule has 1 aromatic rings. The van der Waals surface area contributed by atoms with Crippen molar-refractivity contribution < 1.29 is 5.11 Å². The molecule has 56 valence electrons. The zero-order valence-electron chi connectivity index (χ0n) is 5.94. The summed E-state index contributed by atoms with van der Waals surface area (Å²) in [6, 6.07) is 1.91. The van der Waals surface area contributed by atoms with E-state index in [-0.39, 0.29) is 0 Å². The first kappa shape index (κ1) is 6.22. The van der Waals surface area contributed by atoms with Crippen LogP contribution < -0.4 is 0 Å². The Hall–Kier alpha value is -1.51. The van der Waals surface area contributed by atoms with Crippen molar-refractivity contribution in [3.8, 4) is 0 Å². The lowest BCUT2D eigenvalue weighted by atomic mass is 10.4. The third-order valence-corrected chi connectivity index (χ3v) is 1.62. The highest BCUT2D eigenvalue weighted by Gasteiger charge is 2.02. The number of allylic oxidation sites excluding steroid dienone is 3. The summed E-state index contributed by atoms with van der Waals surface area (Å²) in [7, 11) is 0. The second kappa shape index (κ2) is 2.27. The molecule has 1 aromatic heterocycles. The summed E-state index contributed by atoms with van der Waals surface area (Å²) in [6.07, 6.45) is 7.12. The van der Waals surface area contributed by atoms with Gasteiger partial charge in [0.15, 0.2) is 0 Å². The van der Waals surface area contributed by atoms with Gasteiger partial charge in [0.1, 0.15) is 5.76 Å². The van der Waals surface area contributed by atoms with E-state index < -0.39 is 0 Å². The predicted molar refractivity (Wildman–Crippen MR) is 42.0 cm³/mol. The molecule has 0 radical (unpaired) electrons. The van der Waals surface area contributed by atoms with E-state index in [1.54, 1.807) is 17.0 Å². The number of hydrogen-bond acceptors (Lipinski definition) is 2. The zero-order chi connectivity index (χ0) is 7.68. The second-order valence-corrected chi connectivity index (χ2v) is 2.43. The van der Waals surface area contributed by atoms with E-state index in [1.807, 2.05) is 18.2 Å². The maximum absolute atomic E-state index is 9.20. The van der Waals surface area contributed by atoms with Crippen LogP contribution in [0.25, 0.3) is 6.08 Å². The summed E-state index contributed by atoms with van der Waals surface area (Å²) < 4.78 is 1.75. The monoisotopic (exact) mass is 148 g/mol. The van der Waals surface area contributed by atoms with E-state index in [9.17, 15) is 5.11 Å². The molecule has 0 saturated heterocycles. The number of nitrogens with zero attached hydrogens (tertiary/aromatic N) is 2. The Kier molecular flexibility index (Phi) is 1.28. The van der Waals surface area contributed by atoms with Crippen LogP contribution in [-0.2, 0) is 6.54 Å². The lowest BCUT2D eigenvalue weighted by molar-refractivity contribution is 0.368. The number of aromatic nitrogens is 2. The lowest BCUT2D eigenvalue weighted by Gasteiger charge is -1.99. The Morgan fingerprint density at radius 1 is 1.55 bits per heavy atom. The van der Waals surface area contributed by atoms with E-state index in [4.69, 9.17) is 0 Å². The summed E-state index contributed by atoms with van der Waals surface area (Å²) in [5, 5.41) is 13.2. The van der Waals surface area contributed by atoms with Crippen LogP contribution in [0, 0.1) is 0 Å². The quantitative estimate of drug-likeness (QED) is 0.603. The van der Waals surface area contributed by atoms with Crippen molar-refractivity contribution in [1.82, 2.24) is 9.78 Å². The molecule has 1 N–H and O–H groups in total. The maximum atomic E-state index is 9.20. The smallest absolute Gasteiger partial charge is 0.114 e. The second-order valence-electron chi connectivity index (χ2n) is 2.43. The standard InChI is InChI=1S/C8H8N2O/c11-8-3-1-2-7-4-5-9-10(7)6-8/h1-5,11H,6H2. The molecule has 0 fully saturated rings. The van der Waals surface area contributed by atoms with Gasteiger partial charge in [0, 0.05) is 6.20 Å². The molecular formula is C8H8N2O. The summed E-state index contributed by atoms with van der Waals surface area (Å²) in [5.41, 5.74) is 1.02. The summed E-state index contributed by atoms with van der Waals surface area (Å²) in [5.74, 6) is 0.337. The van der Waals surface area contributed by atoms with Gasteiger partial charge in [-0.15, -0.1) is 0 Å². The van der Waals surface area contributed by atoms with Crippen molar-refractivity contribution in [3.63, 3.8) is 0 Å². The molecule has 0 spiro atoms. The Morgan fingerprint density at radius 2 is 2.45 bits per heavy atom. The lowest BCUT2D eigenvalue weighted by Crippen LogP contribution is -2.02. The van der Waals surface area contributed by atoms with Gasteiger partial charge in [0.2, 0.25) is 0 Å². The molecule has 2 rings (SSSR count). The van der Waals surface area contributed by atoms with Gasteiger partial charge >= 0.3 is 0 Å². The van der Waals surface area contributed by atoms with Gasteiger partial charge in [-0.25, -0.2) is 0 Å². The average molecular weight is 148 g/mol. The summed E-state index contributed by atoms with van der Waals surface area (Å²) >= 11 is 0. The predicted octanol–water partition coefficient (Wildman–Crippen LogP) is 1.35. The molecule has 0 bridgehead atoms. The van der Waals surface area contributed by atoms with Crippen molar-refractivity contribution in [1.29, 1.82) is 0 Å². The molecular weight excluding hydrogens is 140 g/mol. The molecule has 3 heteroatoms. The van der Waals surface area contributed by atoms with Crippen molar-refractivity contribution in [2.75, 3.05) is 0 Å². The Morgan fingerprint density at radius 3 is 3.36 bits per heavy atom. The van der Waals surface area contributed by atoms with Gasteiger partial charge in [-0.05, 0) is 18.2 Å². The van der Waals surface area contributed by atoms with E-state index >= 15 is 0 Å². The van der Waals surface area contributed by atoms with Gasteiger partial charge < -0.3 is 5.11 Å². The van der Waals surface area contributed by atoms with Gasteiger partial charge in [-0.2, -0.15) is 5.10 Å². The molecule has 0 unspecified atom stereocenters. The van der Waals surface area contributed by atoms with E-state index in [0.29, 0.717) is 12.3 Å². The highest BCUT2D eigenvalue weighted by molar-refractivity contribution is 5.48. The number of fused-ring (bicyclic) bond motifs is 1. The van der Waals surface area contributed by atoms with E-state index in [0.717, 1.165) is 5.69 Å². The number of aliphatic hydroxyl groups is 1. The molecule has 0 atom stereocenters. The minimum absolute atomic E-state index is 0.337. The third-order valence-electron chi connectivity index (χ3n) is 1.62. The molecule has 3 nitrogen and oxygen atoms in total. The molecule has 1 aliphatic rings. The molecule has 0 amide bonds. The van der Waals surface area contributed by atoms with Crippen LogP contribution in [0.15, 0.2) is 30.2 Å². The highest BCUT2D eigenvalue weighted by Crippen LogP contribution is 2.08. The Labute approximate surface area is 64.3 Å². The minimum atomic E-state index is 0.337. The van der Waals surface area contributed by atoms with Crippen LogP contribution in [0.4, 0.5) is 0 Å². The van der Waals surface area contributed by atoms with Gasteiger partial charge in [-0.1, -0.05) is 6.08 Å². The summed E-state index contributed by atoms with van der Waals surface area (Å²) in [6.45, 7) is 0.468. The fourth-order valence-corrected chi connectivity index (χ4v) is 1.08. The zero-order valence-corrected chi connectivity index (χ0v) is 5.94. The van der Waals surface area contributed by atoms with Gasteiger partial charge in [0.25, 0.3) is 0 Å². The van der Waals surface area contributed by atoms with E-state index in [1.165, 1.54) is 0 Å². The summed E-state index contributed by atoms with van der Waals surface area (Å²) in [4.78, 5) is 0. The van der Waals surface area contributed by atoms with Crippen LogP contribution in [0.2, 0.25) is 0 Å². The number of hydrogen-bond donors (Lipinski definition) is 1. The van der Waals surface area contributed by atoms with Gasteiger partial charge in [-0.3, -0.25) is 4.68 Å². The fourth-order valence-electron chi connectivity index (χ4n) is 1.08. The topological polar surface area (TPSA) is 38.1 Å². The minimum Gasteiger partial charge on any atom is -0.510 e. The molecule has 2 heterocycles. The first-order valence-corrected chi connectivity index (χ1v) is 3.44. The largest absolute Gasteiger partial charge is 0.510 e. The molecule has 0 saturated carbocycles.